The van der Waals surface area contributed by atoms with E-state index in [1.165, 1.54) is 0 Å². The molecule has 1 atom stereocenters. The minimum absolute atomic E-state index is 0.0257. The van der Waals surface area contributed by atoms with Crippen molar-refractivity contribution in [2.75, 3.05) is 13.7 Å². The molecule has 0 aromatic heterocycles. The topological polar surface area (TPSA) is 79.9 Å². The first-order valence-electron chi connectivity index (χ1n) is 6.26. The highest BCUT2D eigenvalue weighted by atomic mass is 16.5. The van der Waals surface area contributed by atoms with Gasteiger partial charge in [0.1, 0.15) is 5.84 Å². The van der Waals surface area contributed by atoms with Crippen molar-refractivity contribution >= 4 is 5.84 Å². The largest absolute Gasteiger partial charge is 0.409 e. The summed E-state index contributed by atoms with van der Waals surface area (Å²) in [6.07, 6.45) is 0.438. The molecule has 0 heterocycles. The summed E-state index contributed by atoms with van der Waals surface area (Å²) in [5, 5.41) is 15.3. The Morgan fingerprint density at radius 1 is 1.42 bits per heavy atom. The van der Waals surface area contributed by atoms with E-state index >= 15 is 0 Å². The van der Waals surface area contributed by atoms with E-state index in [4.69, 9.17) is 15.7 Å². The molecule has 5 heteroatoms. The first-order valence-corrected chi connectivity index (χ1v) is 6.26. The highest BCUT2D eigenvalue weighted by Gasteiger charge is 2.24. The second-order valence-electron chi connectivity index (χ2n) is 5.22. The number of nitrogens with one attached hydrogen (secondary N) is 1. The predicted molar refractivity (Wildman–Crippen MR) is 76.3 cm³/mol. The molecule has 5 nitrogen and oxygen atoms in total. The van der Waals surface area contributed by atoms with Gasteiger partial charge in [0.2, 0.25) is 0 Å². The molecule has 19 heavy (non-hydrogen) atoms. The average molecular weight is 265 g/mol. The van der Waals surface area contributed by atoms with Crippen LogP contribution < -0.4 is 11.1 Å². The van der Waals surface area contributed by atoms with E-state index in [0.29, 0.717) is 13.0 Å². The maximum Gasteiger partial charge on any atom is 0.141 e. The number of methoxy groups -OCH3 is 1. The van der Waals surface area contributed by atoms with E-state index in [-0.39, 0.29) is 17.4 Å². The zero-order valence-corrected chi connectivity index (χ0v) is 11.8. The molecule has 106 valence electrons. The number of hydrogen-bond acceptors (Lipinski definition) is 4. The van der Waals surface area contributed by atoms with Crippen molar-refractivity contribution in [1.29, 1.82) is 0 Å². The maximum atomic E-state index is 8.74. The standard InChI is InChI=1S/C14H23N3O2/c1-14(2,10-19-3)16-12(9-13(15)17-18)11-7-5-4-6-8-11/h4-8,12,16,18H,9-10H2,1-3H3,(H2,15,17). The highest BCUT2D eigenvalue weighted by Crippen LogP contribution is 2.20. The van der Waals surface area contributed by atoms with Crippen LogP contribution in [-0.4, -0.2) is 30.3 Å². The molecule has 0 aliphatic rings. The number of rotatable bonds is 7. The monoisotopic (exact) mass is 265 g/mol. The molecule has 0 amide bonds. The minimum atomic E-state index is -0.203. The van der Waals surface area contributed by atoms with E-state index in [1.54, 1.807) is 7.11 Å². The van der Waals surface area contributed by atoms with Crippen LogP contribution in [0.4, 0.5) is 0 Å². The summed E-state index contributed by atoms with van der Waals surface area (Å²) in [7, 11) is 1.67. The third-order valence-electron chi connectivity index (χ3n) is 2.81. The summed E-state index contributed by atoms with van der Waals surface area (Å²) in [5.74, 6) is 0.203. The van der Waals surface area contributed by atoms with Crippen molar-refractivity contribution < 1.29 is 9.94 Å². The fourth-order valence-electron chi connectivity index (χ4n) is 2.06. The molecule has 0 aliphatic carbocycles. The fourth-order valence-corrected chi connectivity index (χ4v) is 2.06. The molecule has 1 rings (SSSR count). The Morgan fingerprint density at radius 3 is 2.58 bits per heavy atom. The third kappa shape index (κ3) is 5.28. The van der Waals surface area contributed by atoms with Gasteiger partial charge >= 0.3 is 0 Å². The number of amidine groups is 1. The van der Waals surface area contributed by atoms with Crippen molar-refractivity contribution in [2.24, 2.45) is 10.9 Å². The lowest BCUT2D eigenvalue weighted by atomic mass is 9.98. The van der Waals surface area contributed by atoms with Crippen LogP contribution in [0, 0.1) is 0 Å². The summed E-state index contributed by atoms with van der Waals surface area (Å²) in [6, 6.07) is 9.92. The first kappa shape index (κ1) is 15.5. The predicted octanol–water partition coefficient (Wildman–Crippen LogP) is 1.88. The van der Waals surface area contributed by atoms with Crippen LogP contribution in [0.3, 0.4) is 0 Å². The number of nitrogens with two attached hydrogens (primary N) is 1. The molecular formula is C14H23N3O2. The van der Waals surface area contributed by atoms with Crippen LogP contribution >= 0.6 is 0 Å². The zero-order valence-electron chi connectivity index (χ0n) is 11.8. The molecule has 0 aliphatic heterocycles. The van der Waals surface area contributed by atoms with E-state index in [9.17, 15) is 0 Å². The van der Waals surface area contributed by atoms with Gasteiger partial charge in [0.15, 0.2) is 0 Å². The van der Waals surface area contributed by atoms with Gasteiger partial charge in [-0.1, -0.05) is 35.5 Å². The SMILES string of the molecule is COCC(C)(C)NC(C/C(N)=N/O)c1ccccc1. The van der Waals surface area contributed by atoms with Crippen LogP contribution in [0.5, 0.6) is 0 Å². The second kappa shape index (κ2) is 7.11. The Hall–Kier alpha value is -1.59. The van der Waals surface area contributed by atoms with Crippen molar-refractivity contribution in [1.82, 2.24) is 5.32 Å². The van der Waals surface area contributed by atoms with Crippen molar-refractivity contribution in [3.8, 4) is 0 Å². The zero-order chi connectivity index (χ0) is 14.3. The summed E-state index contributed by atoms with van der Waals surface area (Å²) >= 11 is 0. The van der Waals surface area contributed by atoms with E-state index in [1.807, 2.05) is 30.3 Å². The number of hydrogen-bond donors (Lipinski definition) is 3. The number of nitrogens with zero attached hydrogens (tertiary/aromatic N) is 1. The molecular weight excluding hydrogens is 242 g/mol. The molecule has 4 N–H and O–H groups in total. The lowest BCUT2D eigenvalue weighted by Crippen LogP contribution is -2.46. The molecule has 0 bridgehead atoms. The van der Waals surface area contributed by atoms with Crippen molar-refractivity contribution in [3.63, 3.8) is 0 Å². The summed E-state index contributed by atoms with van der Waals surface area (Å²) in [4.78, 5) is 0. The maximum absolute atomic E-state index is 8.74. The van der Waals surface area contributed by atoms with Crippen LogP contribution in [0.1, 0.15) is 31.9 Å². The molecule has 1 aromatic rings. The molecule has 0 spiro atoms. The van der Waals surface area contributed by atoms with Gasteiger partial charge in [-0.15, -0.1) is 0 Å². The Balaban J connectivity index is 2.87. The third-order valence-corrected chi connectivity index (χ3v) is 2.81. The smallest absolute Gasteiger partial charge is 0.141 e. The van der Waals surface area contributed by atoms with Crippen LogP contribution in [0.15, 0.2) is 35.5 Å². The van der Waals surface area contributed by atoms with Gasteiger partial charge in [-0.2, -0.15) is 0 Å². The van der Waals surface area contributed by atoms with Gasteiger partial charge in [0, 0.05) is 25.1 Å². The molecule has 1 unspecified atom stereocenters. The number of ether oxygens (including phenoxy) is 1. The van der Waals surface area contributed by atoms with Crippen molar-refractivity contribution in [3.05, 3.63) is 35.9 Å². The van der Waals surface area contributed by atoms with E-state index in [0.717, 1.165) is 5.56 Å². The highest BCUT2D eigenvalue weighted by molar-refractivity contribution is 5.80. The van der Waals surface area contributed by atoms with Gasteiger partial charge in [0.05, 0.1) is 6.61 Å². The van der Waals surface area contributed by atoms with E-state index in [2.05, 4.69) is 24.3 Å². The van der Waals surface area contributed by atoms with Crippen LogP contribution in [-0.2, 0) is 4.74 Å². The van der Waals surface area contributed by atoms with Crippen LogP contribution in [0.25, 0.3) is 0 Å². The Morgan fingerprint density at radius 2 is 2.05 bits per heavy atom. The molecule has 0 saturated carbocycles. The Bertz CT molecular complexity index is 404. The quantitative estimate of drug-likeness (QED) is 0.304. The minimum Gasteiger partial charge on any atom is -0.409 e. The fraction of sp³-hybridized carbons (Fsp3) is 0.500. The van der Waals surface area contributed by atoms with Gasteiger partial charge in [-0.25, -0.2) is 0 Å². The Labute approximate surface area is 114 Å². The van der Waals surface area contributed by atoms with E-state index < -0.39 is 0 Å². The molecule has 1 aromatic carbocycles. The van der Waals surface area contributed by atoms with Crippen molar-refractivity contribution in [2.45, 2.75) is 31.8 Å². The molecule has 0 saturated heterocycles. The van der Waals surface area contributed by atoms with Gasteiger partial charge < -0.3 is 21.0 Å². The number of benzene rings is 1. The second-order valence-corrected chi connectivity index (χ2v) is 5.22. The van der Waals surface area contributed by atoms with Crippen LogP contribution in [0.2, 0.25) is 0 Å². The molecule has 0 fully saturated rings. The lowest BCUT2D eigenvalue weighted by molar-refractivity contribution is 0.121. The average Bonchev–Trinajstić information content (AvgIpc) is 2.38. The van der Waals surface area contributed by atoms with Gasteiger partial charge in [-0.3, -0.25) is 0 Å². The van der Waals surface area contributed by atoms with Gasteiger partial charge in [-0.05, 0) is 19.4 Å². The lowest BCUT2D eigenvalue weighted by Gasteiger charge is -2.31. The summed E-state index contributed by atoms with van der Waals surface area (Å²) in [6.45, 7) is 4.68. The number of oxime groups is 1. The first-order chi connectivity index (χ1) is 8.98. The molecule has 0 radical (unpaired) electrons. The van der Waals surface area contributed by atoms with Gasteiger partial charge in [0.25, 0.3) is 0 Å². The Kier molecular flexibility index (Phi) is 5.79. The summed E-state index contributed by atoms with van der Waals surface area (Å²) < 4.78 is 5.20. The normalized spacial score (nSPS) is 14.4. The summed E-state index contributed by atoms with van der Waals surface area (Å²) in [5.41, 5.74) is 6.53.